The number of hydrogen-bond donors (Lipinski definition) is 0. The number of hydrogen-bond acceptors (Lipinski definition) is 0. The van der Waals surface area contributed by atoms with Crippen molar-refractivity contribution < 1.29 is 0 Å². The molecule has 1 aliphatic carbocycles. The van der Waals surface area contributed by atoms with Crippen molar-refractivity contribution in [2.24, 2.45) is 0 Å². The van der Waals surface area contributed by atoms with Crippen LogP contribution in [0.3, 0.4) is 0 Å². The zero-order chi connectivity index (χ0) is 11.0. The van der Waals surface area contributed by atoms with Crippen molar-refractivity contribution in [2.45, 2.75) is 46.0 Å². The van der Waals surface area contributed by atoms with Crippen LogP contribution in [-0.4, -0.2) is 0 Å². The van der Waals surface area contributed by atoms with E-state index >= 15 is 0 Å². The van der Waals surface area contributed by atoms with Crippen LogP contribution < -0.4 is 0 Å². The van der Waals surface area contributed by atoms with E-state index in [2.05, 4.69) is 39.5 Å². The molecule has 1 aliphatic rings. The number of fused-ring (bicyclic) bond motifs is 1. The second-order valence-electron chi connectivity index (χ2n) is 4.93. The standard InChI is InChI=1S/C15H20/c1-10(2)13-8-12(4)14-7-5-6-11(3)15(14)9-13/h8-9,11H,1,5-7H2,2-4H3. The molecule has 0 aliphatic heterocycles. The lowest BCUT2D eigenvalue weighted by atomic mass is 9.80. The van der Waals surface area contributed by atoms with E-state index in [0.29, 0.717) is 0 Å². The van der Waals surface area contributed by atoms with Crippen molar-refractivity contribution in [2.75, 3.05) is 0 Å². The largest absolute Gasteiger partial charge is 0.0955 e. The predicted octanol–water partition coefficient (Wildman–Crippen LogP) is 4.47. The maximum Gasteiger partial charge on any atom is -0.0187 e. The van der Waals surface area contributed by atoms with Crippen LogP contribution >= 0.6 is 0 Å². The van der Waals surface area contributed by atoms with Crippen LogP contribution in [0.2, 0.25) is 0 Å². The number of aryl methyl sites for hydroxylation is 1. The highest BCUT2D eigenvalue weighted by Gasteiger charge is 2.18. The van der Waals surface area contributed by atoms with Gasteiger partial charge >= 0.3 is 0 Å². The van der Waals surface area contributed by atoms with Gasteiger partial charge in [0.1, 0.15) is 0 Å². The van der Waals surface area contributed by atoms with Crippen molar-refractivity contribution >= 4 is 5.57 Å². The van der Waals surface area contributed by atoms with Crippen LogP contribution in [0.4, 0.5) is 0 Å². The zero-order valence-electron chi connectivity index (χ0n) is 10.1. The maximum atomic E-state index is 4.04. The second-order valence-corrected chi connectivity index (χ2v) is 4.93. The van der Waals surface area contributed by atoms with Crippen LogP contribution in [0.1, 0.15) is 54.9 Å². The minimum absolute atomic E-state index is 0.728. The van der Waals surface area contributed by atoms with E-state index in [9.17, 15) is 0 Å². The molecule has 0 fully saturated rings. The first-order valence-electron chi connectivity index (χ1n) is 5.89. The fraction of sp³-hybridized carbons (Fsp3) is 0.467. The summed E-state index contributed by atoms with van der Waals surface area (Å²) in [4.78, 5) is 0. The maximum absolute atomic E-state index is 4.04. The molecule has 0 aromatic heterocycles. The fourth-order valence-electron chi connectivity index (χ4n) is 2.61. The Labute approximate surface area is 93.0 Å². The van der Waals surface area contributed by atoms with E-state index in [0.717, 1.165) is 5.92 Å². The summed E-state index contributed by atoms with van der Waals surface area (Å²) in [7, 11) is 0. The SMILES string of the molecule is C=C(C)c1cc(C)c2c(c1)C(C)CCC2. The molecule has 0 saturated heterocycles. The molecule has 1 unspecified atom stereocenters. The lowest BCUT2D eigenvalue weighted by Crippen LogP contribution is -2.09. The van der Waals surface area contributed by atoms with Gasteiger partial charge in [0.05, 0.1) is 0 Å². The van der Waals surface area contributed by atoms with Gasteiger partial charge < -0.3 is 0 Å². The average molecular weight is 200 g/mol. The lowest BCUT2D eigenvalue weighted by molar-refractivity contribution is 0.588. The highest BCUT2D eigenvalue weighted by Crippen LogP contribution is 2.34. The summed E-state index contributed by atoms with van der Waals surface area (Å²) in [5, 5.41) is 0. The molecule has 0 bridgehead atoms. The van der Waals surface area contributed by atoms with Gasteiger partial charge in [-0.15, -0.1) is 0 Å². The van der Waals surface area contributed by atoms with Crippen molar-refractivity contribution in [1.29, 1.82) is 0 Å². The van der Waals surface area contributed by atoms with Crippen molar-refractivity contribution in [1.82, 2.24) is 0 Å². The molecule has 0 radical (unpaired) electrons. The van der Waals surface area contributed by atoms with Gasteiger partial charge in [-0.1, -0.05) is 31.2 Å². The molecule has 80 valence electrons. The summed E-state index contributed by atoms with van der Waals surface area (Å²) in [6, 6.07) is 4.65. The van der Waals surface area contributed by atoms with E-state index in [4.69, 9.17) is 0 Å². The summed E-state index contributed by atoms with van der Waals surface area (Å²) >= 11 is 0. The summed E-state index contributed by atoms with van der Waals surface area (Å²) in [5.41, 5.74) is 7.12. The number of benzene rings is 1. The Morgan fingerprint density at radius 3 is 2.80 bits per heavy atom. The van der Waals surface area contributed by atoms with Gasteiger partial charge in [-0.25, -0.2) is 0 Å². The third-order valence-corrected chi connectivity index (χ3v) is 3.60. The van der Waals surface area contributed by atoms with Crippen LogP contribution in [0.25, 0.3) is 5.57 Å². The van der Waals surface area contributed by atoms with Gasteiger partial charge in [-0.2, -0.15) is 0 Å². The third-order valence-electron chi connectivity index (χ3n) is 3.60. The highest BCUT2D eigenvalue weighted by atomic mass is 14.2. The molecule has 0 heteroatoms. The molecular weight excluding hydrogens is 180 g/mol. The van der Waals surface area contributed by atoms with E-state index in [-0.39, 0.29) is 0 Å². The van der Waals surface area contributed by atoms with Gasteiger partial charge in [-0.3, -0.25) is 0 Å². The molecule has 1 aromatic carbocycles. The van der Waals surface area contributed by atoms with E-state index < -0.39 is 0 Å². The van der Waals surface area contributed by atoms with Crippen molar-refractivity contribution in [3.63, 3.8) is 0 Å². The number of rotatable bonds is 1. The van der Waals surface area contributed by atoms with E-state index in [1.807, 2.05) is 0 Å². The Balaban J connectivity index is 2.56. The van der Waals surface area contributed by atoms with Crippen LogP contribution in [-0.2, 0) is 6.42 Å². The minimum atomic E-state index is 0.728. The third kappa shape index (κ3) is 1.86. The molecule has 15 heavy (non-hydrogen) atoms. The molecule has 0 heterocycles. The smallest absolute Gasteiger partial charge is 0.0187 e. The first-order chi connectivity index (χ1) is 7.09. The van der Waals surface area contributed by atoms with Crippen molar-refractivity contribution in [3.05, 3.63) is 41.0 Å². The molecule has 0 N–H and O–H groups in total. The molecule has 0 spiro atoms. The van der Waals surface area contributed by atoms with Crippen LogP contribution in [0.5, 0.6) is 0 Å². The highest BCUT2D eigenvalue weighted by molar-refractivity contribution is 5.64. The second kappa shape index (κ2) is 3.84. The van der Waals surface area contributed by atoms with Gasteiger partial charge in [0, 0.05) is 0 Å². The fourth-order valence-corrected chi connectivity index (χ4v) is 2.61. The lowest BCUT2D eigenvalue weighted by Gasteiger charge is -2.25. The van der Waals surface area contributed by atoms with E-state index in [1.54, 1.807) is 11.1 Å². The Kier molecular flexibility index (Phi) is 2.68. The first-order valence-corrected chi connectivity index (χ1v) is 5.89. The number of allylic oxidation sites excluding steroid dienone is 1. The van der Waals surface area contributed by atoms with Gasteiger partial charge in [0.25, 0.3) is 0 Å². The zero-order valence-corrected chi connectivity index (χ0v) is 10.1. The predicted molar refractivity (Wildman–Crippen MR) is 67.2 cm³/mol. The quantitative estimate of drug-likeness (QED) is 0.627. The summed E-state index contributed by atoms with van der Waals surface area (Å²) in [5.74, 6) is 0.728. The normalized spacial score (nSPS) is 19.8. The Bertz CT molecular complexity index is 399. The molecule has 0 amide bonds. The molecule has 2 rings (SSSR count). The molecule has 0 nitrogen and oxygen atoms in total. The van der Waals surface area contributed by atoms with Gasteiger partial charge in [0.15, 0.2) is 0 Å². The first kappa shape index (κ1) is 10.5. The topological polar surface area (TPSA) is 0 Å². The summed E-state index contributed by atoms with van der Waals surface area (Å²) < 4.78 is 0. The minimum Gasteiger partial charge on any atom is -0.0955 e. The molecule has 0 saturated carbocycles. The van der Waals surface area contributed by atoms with Crippen molar-refractivity contribution in [3.8, 4) is 0 Å². The summed E-state index contributed by atoms with van der Waals surface area (Å²) in [6.45, 7) is 10.7. The van der Waals surface area contributed by atoms with Crippen LogP contribution in [0, 0.1) is 6.92 Å². The van der Waals surface area contributed by atoms with Gasteiger partial charge in [0.2, 0.25) is 0 Å². The average Bonchev–Trinajstić information content (AvgIpc) is 2.19. The summed E-state index contributed by atoms with van der Waals surface area (Å²) in [6.07, 6.45) is 3.95. The Morgan fingerprint density at radius 2 is 2.13 bits per heavy atom. The van der Waals surface area contributed by atoms with Crippen LogP contribution in [0.15, 0.2) is 18.7 Å². The monoisotopic (exact) mass is 200 g/mol. The van der Waals surface area contributed by atoms with E-state index in [1.165, 1.54) is 36.0 Å². The Morgan fingerprint density at radius 1 is 1.40 bits per heavy atom. The Hall–Kier alpha value is -1.04. The van der Waals surface area contributed by atoms with Gasteiger partial charge in [-0.05, 0) is 61.3 Å². The molecule has 1 aromatic rings. The molecule has 1 atom stereocenters. The molecular formula is C15H20.